The lowest BCUT2D eigenvalue weighted by Gasteiger charge is -2.07. The lowest BCUT2D eigenvalue weighted by Crippen LogP contribution is -2.29. The number of aromatic carboxylic acids is 1. The molecule has 0 saturated carbocycles. The maximum atomic E-state index is 12.6. The fraction of sp³-hybridized carbons (Fsp3) is 0.120. The first-order valence-corrected chi connectivity index (χ1v) is 12.9. The summed E-state index contributed by atoms with van der Waals surface area (Å²) in [4.78, 5) is 40.7. The molecule has 3 aromatic carbocycles. The highest BCUT2D eigenvalue weighted by Crippen LogP contribution is 2.31. The summed E-state index contributed by atoms with van der Waals surface area (Å²) in [7, 11) is 0. The number of aromatic nitrogens is 1. The summed E-state index contributed by atoms with van der Waals surface area (Å²) in [6, 6.07) is 18.3. The average Bonchev–Trinajstić information content (AvgIpc) is 3.28. The molecule has 0 atom stereocenters. The van der Waals surface area contributed by atoms with Crippen molar-refractivity contribution in [3.63, 3.8) is 0 Å². The predicted molar refractivity (Wildman–Crippen MR) is 142 cm³/mol. The molecule has 11 heteroatoms. The van der Waals surface area contributed by atoms with E-state index in [4.69, 9.17) is 16.3 Å². The van der Waals surface area contributed by atoms with E-state index in [1.165, 1.54) is 35.2 Å². The second-order valence-corrected chi connectivity index (χ2v) is 10.1. The molecule has 0 bridgehead atoms. The summed E-state index contributed by atoms with van der Waals surface area (Å²) in [5.41, 5.74) is 1.27. The molecule has 0 radical (unpaired) electrons. The van der Waals surface area contributed by atoms with Crippen LogP contribution in [0.4, 0.5) is 5.69 Å². The van der Waals surface area contributed by atoms with Crippen LogP contribution in [-0.2, 0) is 4.79 Å². The van der Waals surface area contributed by atoms with Crippen LogP contribution in [0.1, 0.15) is 20.7 Å². The molecule has 184 valence electrons. The van der Waals surface area contributed by atoms with Crippen LogP contribution in [0.25, 0.3) is 10.2 Å². The van der Waals surface area contributed by atoms with Gasteiger partial charge in [-0.2, -0.15) is 0 Å². The number of fused-ring (bicyclic) bond motifs is 1. The number of nitrogens with zero attached hydrogens (tertiary/aromatic N) is 1. The van der Waals surface area contributed by atoms with Crippen molar-refractivity contribution < 1.29 is 24.2 Å². The van der Waals surface area contributed by atoms with Gasteiger partial charge in [0.1, 0.15) is 12.4 Å². The number of carboxylic acid groups (broad SMARTS) is 1. The van der Waals surface area contributed by atoms with Crippen LogP contribution < -0.4 is 15.4 Å². The molecular weight excluding hydrogens is 522 g/mol. The molecule has 0 saturated heterocycles. The minimum atomic E-state index is -1.17. The zero-order valence-electron chi connectivity index (χ0n) is 18.7. The van der Waals surface area contributed by atoms with E-state index in [0.717, 1.165) is 14.6 Å². The van der Waals surface area contributed by atoms with Gasteiger partial charge in [-0.1, -0.05) is 35.5 Å². The van der Waals surface area contributed by atoms with Crippen molar-refractivity contribution >= 4 is 68.4 Å². The third kappa shape index (κ3) is 6.75. The van der Waals surface area contributed by atoms with E-state index in [0.29, 0.717) is 29.6 Å². The molecule has 0 spiro atoms. The molecule has 1 aromatic heterocycles. The number of amides is 2. The topological polar surface area (TPSA) is 118 Å². The van der Waals surface area contributed by atoms with Gasteiger partial charge in [-0.05, 0) is 54.6 Å². The number of carbonyl (C=O) groups excluding carboxylic acids is 2. The van der Waals surface area contributed by atoms with Gasteiger partial charge in [0.05, 0.1) is 33.6 Å². The maximum absolute atomic E-state index is 12.6. The standard InChI is InChI=1S/C25H20ClN3O5S2/c26-15-5-8-17(9-6-15)34-12-11-27-22(30)14-35-25-29-20-10-7-16(13-21(20)36-25)28-23(31)18-3-1-2-4-19(18)24(32)33/h1-10,13H,11-12,14H2,(H,27,30)(H,28,31)(H,32,33). The third-order valence-corrected chi connectivity index (χ3v) is 7.28. The Morgan fingerprint density at radius 2 is 1.78 bits per heavy atom. The molecule has 0 aliphatic rings. The number of thiazole rings is 1. The van der Waals surface area contributed by atoms with E-state index in [1.54, 1.807) is 54.6 Å². The van der Waals surface area contributed by atoms with Crippen molar-refractivity contribution in [2.75, 3.05) is 24.2 Å². The van der Waals surface area contributed by atoms with E-state index < -0.39 is 11.9 Å². The minimum absolute atomic E-state index is 0.0672. The average molecular weight is 542 g/mol. The quantitative estimate of drug-likeness (QED) is 0.187. The number of hydrogen-bond acceptors (Lipinski definition) is 7. The first-order chi connectivity index (χ1) is 17.4. The third-order valence-electron chi connectivity index (χ3n) is 4.86. The highest BCUT2D eigenvalue weighted by Gasteiger charge is 2.16. The normalized spacial score (nSPS) is 10.7. The van der Waals surface area contributed by atoms with Gasteiger partial charge in [-0.15, -0.1) is 11.3 Å². The summed E-state index contributed by atoms with van der Waals surface area (Å²) < 4.78 is 7.10. The van der Waals surface area contributed by atoms with Crippen LogP contribution in [0, 0.1) is 0 Å². The number of ether oxygens (including phenoxy) is 1. The molecule has 8 nitrogen and oxygen atoms in total. The number of hydrogen-bond donors (Lipinski definition) is 3. The van der Waals surface area contributed by atoms with Crippen LogP contribution in [-0.4, -0.2) is 46.8 Å². The predicted octanol–water partition coefficient (Wildman–Crippen LogP) is 5.19. The van der Waals surface area contributed by atoms with Crippen molar-refractivity contribution in [1.82, 2.24) is 10.3 Å². The molecule has 0 fully saturated rings. The number of benzene rings is 3. The summed E-state index contributed by atoms with van der Waals surface area (Å²) in [5.74, 6) is -0.930. The SMILES string of the molecule is O=C(CSc1nc2ccc(NC(=O)c3ccccc3C(=O)O)cc2s1)NCCOc1ccc(Cl)cc1. The molecule has 4 aromatic rings. The van der Waals surface area contributed by atoms with Gasteiger partial charge in [0.25, 0.3) is 5.91 Å². The van der Waals surface area contributed by atoms with Gasteiger partial charge in [0.15, 0.2) is 4.34 Å². The van der Waals surface area contributed by atoms with Crippen LogP contribution >= 0.6 is 34.7 Å². The highest BCUT2D eigenvalue weighted by molar-refractivity contribution is 8.01. The molecule has 3 N–H and O–H groups in total. The Balaban J connectivity index is 1.28. The van der Waals surface area contributed by atoms with Gasteiger partial charge in [0.2, 0.25) is 5.91 Å². The van der Waals surface area contributed by atoms with Crippen molar-refractivity contribution in [1.29, 1.82) is 0 Å². The first-order valence-electron chi connectivity index (χ1n) is 10.7. The van der Waals surface area contributed by atoms with Gasteiger partial charge in [0, 0.05) is 10.7 Å². The summed E-state index contributed by atoms with van der Waals surface area (Å²) >= 11 is 8.56. The smallest absolute Gasteiger partial charge is 0.336 e. The molecule has 2 amide bonds. The van der Waals surface area contributed by atoms with Crippen molar-refractivity contribution in [2.45, 2.75) is 4.34 Å². The molecule has 0 unspecified atom stereocenters. The Labute approximate surface area is 219 Å². The number of carbonyl (C=O) groups is 3. The zero-order chi connectivity index (χ0) is 25.5. The number of thioether (sulfide) groups is 1. The van der Waals surface area contributed by atoms with Gasteiger partial charge in [-0.3, -0.25) is 9.59 Å². The van der Waals surface area contributed by atoms with E-state index in [-0.39, 0.29) is 22.8 Å². The molecular formula is C25H20ClN3O5S2. The Morgan fingerprint density at radius 3 is 2.53 bits per heavy atom. The fourth-order valence-electron chi connectivity index (χ4n) is 3.18. The second-order valence-electron chi connectivity index (χ2n) is 7.41. The minimum Gasteiger partial charge on any atom is -0.492 e. The lowest BCUT2D eigenvalue weighted by molar-refractivity contribution is -0.118. The van der Waals surface area contributed by atoms with Crippen molar-refractivity contribution in [2.24, 2.45) is 0 Å². The zero-order valence-corrected chi connectivity index (χ0v) is 21.1. The largest absolute Gasteiger partial charge is 0.492 e. The molecule has 0 aliphatic heterocycles. The van der Waals surface area contributed by atoms with Crippen LogP contribution in [0.2, 0.25) is 5.02 Å². The Hall–Kier alpha value is -3.60. The lowest BCUT2D eigenvalue weighted by atomic mass is 10.1. The highest BCUT2D eigenvalue weighted by atomic mass is 35.5. The van der Waals surface area contributed by atoms with E-state index in [2.05, 4.69) is 15.6 Å². The Kier molecular flexibility index (Phi) is 8.42. The maximum Gasteiger partial charge on any atom is 0.336 e. The van der Waals surface area contributed by atoms with Crippen molar-refractivity contribution in [3.05, 3.63) is 82.9 Å². The fourth-order valence-corrected chi connectivity index (χ4v) is 5.24. The molecule has 4 rings (SSSR count). The molecule has 36 heavy (non-hydrogen) atoms. The molecule has 0 aliphatic carbocycles. The summed E-state index contributed by atoms with van der Waals surface area (Å²) in [5, 5.41) is 15.5. The van der Waals surface area contributed by atoms with E-state index >= 15 is 0 Å². The van der Waals surface area contributed by atoms with Gasteiger partial charge >= 0.3 is 5.97 Å². The number of halogens is 1. The number of nitrogens with one attached hydrogen (secondary N) is 2. The van der Waals surface area contributed by atoms with Crippen LogP contribution in [0.15, 0.2) is 71.1 Å². The first kappa shape index (κ1) is 25.5. The number of rotatable bonds is 10. The van der Waals surface area contributed by atoms with Crippen molar-refractivity contribution in [3.8, 4) is 5.75 Å². The van der Waals surface area contributed by atoms with Crippen LogP contribution in [0.3, 0.4) is 0 Å². The van der Waals surface area contributed by atoms with Crippen LogP contribution in [0.5, 0.6) is 5.75 Å². The van der Waals surface area contributed by atoms with E-state index in [9.17, 15) is 19.5 Å². The summed E-state index contributed by atoms with van der Waals surface area (Å²) in [6.07, 6.45) is 0. The number of anilines is 1. The monoisotopic (exact) mass is 541 g/mol. The summed E-state index contributed by atoms with van der Waals surface area (Å²) in [6.45, 7) is 0.709. The van der Waals surface area contributed by atoms with Gasteiger partial charge < -0.3 is 20.5 Å². The van der Waals surface area contributed by atoms with Gasteiger partial charge in [-0.25, -0.2) is 9.78 Å². The second kappa shape index (κ2) is 11.9. The Morgan fingerprint density at radius 1 is 1.03 bits per heavy atom. The molecule has 1 heterocycles. The number of carboxylic acids is 1. The van der Waals surface area contributed by atoms with E-state index in [1.807, 2.05) is 0 Å². The Bertz CT molecular complexity index is 1410.